The van der Waals surface area contributed by atoms with Gasteiger partial charge < -0.3 is 13.7 Å². The molecule has 0 aliphatic heterocycles. The van der Waals surface area contributed by atoms with Crippen LogP contribution in [0.3, 0.4) is 0 Å². The molecule has 0 atom stereocenters. The summed E-state index contributed by atoms with van der Waals surface area (Å²) >= 11 is 0. The number of benzene rings is 9. The lowest BCUT2D eigenvalue weighted by Gasteiger charge is -2.29. The fourth-order valence-corrected chi connectivity index (χ4v) is 11.0. The Labute approximate surface area is 354 Å². The number of rotatable bonds is 4. The molecule has 2 aromatic heterocycles. The number of anilines is 3. The van der Waals surface area contributed by atoms with Gasteiger partial charge in [0.25, 0.3) is 0 Å². The van der Waals surface area contributed by atoms with E-state index in [0.29, 0.717) is 0 Å². The monoisotopic (exact) mass is 783 g/mol. The molecule has 290 valence electrons. The second-order valence-corrected chi connectivity index (χ2v) is 18.0. The molecular formula is C58H41NO2. The molecule has 2 aliphatic carbocycles. The number of fused-ring (bicyclic) bond motifs is 13. The van der Waals surface area contributed by atoms with E-state index < -0.39 is 0 Å². The van der Waals surface area contributed by atoms with Gasteiger partial charge in [-0.25, -0.2) is 0 Å². The fraction of sp³-hybridized carbons (Fsp3) is 0.103. The summed E-state index contributed by atoms with van der Waals surface area (Å²) in [5, 5.41) is 6.65. The third-order valence-corrected chi connectivity index (χ3v) is 14.0. The Hall–Kier alpha value is -7.36. The van der Waals surface area contributed by atoms with Crippen molar-refractivity contribution in [1.82, 2.24) is 0 Å². The van der Waals surface area contributed by atoms with Crippen LogP contribution in [0.5, 0.6) is 0 Å². The van der Waals surface area contributed by atoms with E-state index in [0.717, 1.165) is 82.8 Å². The van der Waals surface area contributed by atoms with Gasteiger partial charge >= 0.3 is 0 Å². The van der Waals surface area contributed by atoms with Crippen LogP contribution in [0.25, 0.3) is 88.0 Å². The van der Waals surface area contributed by atoms with Crippen LogP contribution in [0, 0.1) is 0 Å². The molecule has 61 heavy (non-hydrogen) atoms. The minimum Gasteiger partial charge on any atom is -0.455 e. The standard InChI is InChI=1S/C58H41NO2/c1-57(2)48-21-10-7-16-39(48)41-27-24-36(32-50(41)57)59(37-25-28-42-40-17-8-11-22-49(40)58(3,4)51(42)33-37)35-26-29-53-46(31-35)47-30-34-14-5-6-15-38(34)54(56(47)61-53)45-20-13-19-44-43-18-9-12-23-52(43)60-55(44)45/h5-33H,1-4H3. The molecule has 0 unspecified atom stereocenters. The van der Waals surface area contributed by atoms with E-state index in [1.165, 1.54) is 44.5 Å². The maximum Gasteiger partial charge on any atom is 0.144 e. The van der Waals surface area contributed by atoms with Gasteiger partial charge in [-0.05, 0) is 110 Å². The van der Waals surface area contributed by atoms with Crippen LogP contribution in [0.4, 0.5) is 17.1 Å². The first-order chi connectivity index (χ1) is 29.8. The van der Waals surface area contributed by atoms with Crippen LogP contribution in [-0.4, -0.2) is 0 Å². The number of furan rings is 2. The summed E-state index contributed by atoms with van der Waals surface area (Å²) in [6.45, 7) is 9.44. The Kier molecular flexibility index (Phi) is 6.85. The van der Waals surface area contributed by atoms with E-state index in [1.54, 1.807) is 0 Å². The van der Waals surface area contributed by atoms with Crippen molar-refractivity contribution >= 4 is 71.7 Å². The molecule has 0 saturated heterocycles. The predicted octanol–water partition coefficient (Wildman–Crippen LogP) is 16.4. The Morgan fingerprint density at radius 2 is 0.852 bits per heavy atom. The van der Waals surface area contributed by atoms with Gasteiger partial charge in [-0.3, -0.25) is 0 Å². The van der Waals surface area contributed by atoms with E-state index in [1.807, 2.05) is 12.1 Å². The lowest BCUT2D eigenvalue weighted by Crippen LogP contribution is -2.18. The quantitative estimate of drug-likeness (QED) is 0.178. The number of hydrogen-bond acceptors (Lipinski definition) is 3. The molecule has 0 spiro atoms. The maximum absolute atomic E-state index is 7.00. The zero-order valence-electron chi connectivity index (χ0n) is 34.5. The van der Waals surface area contributed by atoms with Gasteiger partial charge in [0.15, 0.2) is 0 Å². The number of para-hydroxylation sites is 2. The van der Waals surface area contributed by atoms with E-state index in [2.05, 4.69) is 196 Å². The van der Waals surface area contributed by atoms with Gasteiger partial charge in [-0.2, -0.15) is 0 Å². The average molecular weight is 784 g/mol. The molecule has 0 radical (unpaired) electrons. The summed E-state index contributed by atoms with van der Waals surface area (Å²) in [6.07, 6.45) is 0. The minimum atomic E-state index is -0.139. The molecular weight excluding hydrogens is 743 g/mol. The van der Waals surface area contributed by atoms with Crippen molar-refractivity contribution in [3.63, 3.8) is 0 Å². The SMILES string of the molecule is CC1(C)c2ccccc2-c2ccc(N(c3ccc4c(c3)C(C)(C)c3ccccc3-4)c3ccc4oc5c(-c6cccc7c6oc6ccccc67)c6ccccc6cc5c4c3)cc21. The third-order valence-electron chi connectivity index (χ3n) is 14.0. The topological polar surface area (TPSA) is 29.5 Å². The molecule has 0 fully saturated rings. The van der Waals surface area contributed by atoms with Crippen molar-refractivity contribution in [2.45, 2.75) is 38.5 Å². The zero-order valence-corrected chi connectivity index (χ0v) is 34.5. The second-order valence-electron chi connectivity index (χ2n) is 18.0. The predicted molar refractivity (Wildman–Crippen MR) is 254 cm³/mol. The van der Waals surface area contributed by atoms with E-state index in [-0.39, 0.29) is 10.8 Å². The summed E-state index contributed by atoms with van der Waals surface area (Å²) in [6, 6.07) is 64.3. The van der Waals surface area contributed by atoms with Crippen LogP contribution < -0.4 is 4.90 Å². The van der Waals surface area contributed by atoms with Gasteiger partial charge in [-0.15, -0.1) is 0 Å². The number of hydrogen-bond donors (Lipinski definition) is 0. The summed E-state index contributed by atoms with van der Waals surface area (Å²) in [7, 11) is 0. The molecule has 3 heteroatoms. The summed E-state index contributed by atoms with van der Waals surface area (Å²) in [5.74, 6) is 0. The lowest BCUT2D eigenvalue weighted by atomic mass is 9.82. The van der Waals surface area contributed by atoms with Gasteiger partial charge in [0.05, 0.1) is 0 Å². The van der Waals surface area contributed by atoms with Gasteiger partial charge in [0.1, 0.15) is 22.3 Å². The normalized spacial score (nSPS) is 14.5. The molecule has 11 aromatic rings. The van der Waals surface area contributed by atoms with E-state index >= 15 is 0 Å². The zero-order chi connectivity index (χ0) is 40.8. The van der Waals surface area contributed by atoms with Crippen LogP contribution in [0.1, 0.15) is 49.9 Å². The Bertz CT molecular complexity index is 3560. The van der Waals surface area contributed by atoms with Crippen molar-refractivity contribution in [2.75, 3.05) is 4.90 Å². The van der Waals surface area contributed by atoms with Gasteiger partial charge in [-0.1, -0.05) is 149 Å². The van der Waals surface area contributed by atoms with Gasteiger partial charge in [0, 0.05) is 60.6 Å². The summed E-state index contributed by atoms with van der Waals surface area (Å²) in [4.78, 5) is 2.45. The highest BCUT2D eigenvalue weighted by atomic mass is 16.3. The van der Waals surface area contributed by atoms with Crippen molar-refractivity contribution in [3.8, 4) is 33.4 Å². The highest BCUT2D eigenvalue weighted by Crippen LogP contribution is 2.54. The fourth-order valence-electron chi connectivity index (χ4n) is 11.0. The second kappa shape index (κ2) is 12.1. The first kappa shape index (κ1) is 34.5. The summed E-state index contributed by atoms with van der Waals surface area (Å²) in [5.41, 5.74) is 19.3. The first-order valence-corrected chi connectivity index (χ1v) is 21.3. The van der Waals surface area contributed by atoms with Crippen molar-refractivity contribution in [3.05, 3.63) is 198 Å². The Morgan fingerprint density at radius 1 is 0.344 bits per heavy atom. The molecule has 0 amide bonds. The Balaban J connectivity index is 1.05. The van der Waals surface area contributed by atoms with Crippen LogP contribution >= 0.6 is 0 Å². The van der Waals surface area contributed by atoms with Crippen LogP contribution in [-0.2, 0) is 10.8 Å². The van der Waals surface area contributed by atoms with E-state index in [9.17, 15) is 0 Å². The minimum absolute atomic E-state index is 0.139. The highest BCUT2D eigenvalue weighted by molar-refractivity contribution is 6.22. The van der Waals surface area contributed by atoms with Crippen molar-refractivity contribution in [2.24, 2.45) is 0 Å². The van der Waals surface area contributed by atoms with Crippen molar-refractivity contribution < 1.29 is 8.83 Å². The highest BCUT2D eigenvalue weighted by Gasteiger charge is 2.38. The average Bonchev–Trinajstić information content (AvgIpc) is 3.98. The van der Waals surface area contributed by atoms with Crippen LogP contribution in [0.2, 0.25) is 0 Å². The van der Waals surface area contributed by atoms with Crippen molar-refractivity contribution in [1.29, 1.82) is 0 Å². The summed E-state index contributed by atoms with van der Waals surface area (Å²) < 4.78 is 13.6. The van der Waals surface area contributed by atoms with Crippen LogP contribution in [0.15, 0.2) is 185 Å². The largest absolute Gasteiger partial charge is 0.455 e. The Morgan fingerprint density at radius 3 is 1.56 bits per heavy atom. The van der Waals surface area contributed by atoms with Gasteiger partial charge in [0.2, 0.25) is 0 Å². The molecule has 0 saturated carbocycles. The molecule has 2 aliphatic rings. The first-order valence-electron chi connectivity index (χ1n) is 21.3. The third kappa shape index (κ3) is 4.69. The maximum atomic E-state index is 7.00. The number of nitrogens with zero attached hydrogens (tertiary/aromatic N) is 1. The molecule has 3 nitrogen and oxygen atoms in total. The smallest absolute Gasteiger partial charge is 0.144 e. The molecule has 0 bridgehead atoms. The molecule has 9 aromatic carbocycles. The molecule has 13 rings (SSSR count). The molecule has 0 N–H and O–H groups in total. The molecule has 2 heterocycles. The van der Waals surface area contributed by atoms with E-state index in [4.69, 9.17) is 8.83 Å². The lowest BCUT2D eigenvalue weighted by molar-refractivity contribution is 0.660.